The van der Waals surface area contributed by atoms with Crippen LogP contribution < -0.4 is 10.1 Å². The van der Waals surface area contributed by atoms with Gasteiger partial charge in [0.1, 0.15) is 11.4 Å². The third-order valence-corrected chi connectivity index (χ3v) is 4.10. The van der Waals surface area contributed by atoms with Crippen molar-refractivity contribution in [3.63, 3.8) is 0 Å². The summed E-state index contributed by atoms with van der Waals surface area (Å²) in [5.74, 6) is 1.19. The van der Waals surface area contributed by atoms with Crippen LogP contribution in [0.2, 0.25) is 5.02 Å². The number of carbonyl (C=O) groups is 1. The largest absolute Gasteiger partial charge is 0.492 e. The van der Waals surface area contributed by atoms with Crippen LogP contribution in [0, 0.1) is 11.8 Å². The first-order chi connectivity index (χ1) is 11.7. The van der Waals surface area contributed by atoms with Crippen molar-refractivity contribution in [1.29, 1.82) is 0 Å². The topological polar surface area (TPSA) is 47.6 Å². The summed E-state index contributed by atoms with van der Waals surface area (Å²) >= 11 is 6.23. The Bertz CT molecular complexity index is 548. The number of carbonyl (C=O) groups excluding carboxylic acids is 1. The summed E-state index contributed by atoms with van der Waals surface area (Å²) in [4.78, 5) is 13.1. The fourth-order valence-corrected chi connectivity index (χ4v) is 3.38. The summed E-state index contributed by atoms with van der Waals surface area (Å²) in [5.41, 5.74) is -0.183. The van der Waals surface area contributed by atoms with Gasteiger partial charge in [0.05, 0.1) is 11.6 Å². The summed E-state index contributed by atoms with van der Waals surface area (Å²) in [6.07, 6.45) is 1.35. The van der Waals surface area contributed by atoms with Crippen LogP contribution in [0.3, 0.4) is 0 Å². The van der Waals surface area contributed by atoms with E-state index in [0.29, 0.717) is 54.4 Å². The first kappa shape index (κ1) is 21.8. The highest BCUT2D eigenvalue weighted by Crippen LogP contribution is 2.32. The van der Waals surface area contributed by atoms with Gasteiger partial charge in [0.15, 0.2) is 0 Å². The molecule has 0 saturated carbocycles. The molecule has 0 aliphatic carbocycles. The maximum absolute atomic E-state index is 13.1. The summed E-state index contributed by atoms with van der Waals surface area (Å²) in [6.45, 7) is 13.3. The van der Waals surface area contributed by atoms with E-state index in [2.05, 4.69) is 33.0 Å². The lowest BCUT2D eigenvalue weighted by atomic mass is 9.83. The van der Waals surface area contributed by atoms with Crippen LogP contribution in [0.4, 0.5) is 5.69 Å². The molecule has 0 unspecified atom stereocenters. The molecule has 4 nitrogen and oxygen atoms in total. The molecular weight excluding hydrogens is 338 g/mol. The fraction of sp³-hybridized carbons (Fsp3) is 0.650. The van der Waals surface area contributed by atoms with Gasteiger partial charge in [0, 0.05) is 12.3 Å². The molecule has 0 aliphatic heterocycles. The zero-order chi connectivity index (χ0) is 19.0. The van der Waals surface area contributed by atoms with E-state index < -0.39 is 5.60 Å². The van der Waals surface area contributed by atoms with Gasteiger partial charge in [-0.05, 0) is 56.7 Å². The van der Waals surface area contributed by atoms with E-state index in [4.69, 9.17) is 21.1 Å². The Morgan fingerprint density at radius 3 is 2.16 bits per heavy atom. The number of amides is 1. The van der Waals surface area contributed by atoms with Crippen LogP contribution in [0.1, 0.15) is 54.4 Å². The van der Waals surface area contributed by atoms with Gasteiger partial charge in [0.25, 0.3) is 5.91 Å². The van der Waals surface area contributed by atoms with Crippen molar-refractivity contribution < 1.29 is 14.3 Å². The molecule has 1 N–H and O–H groups in total. The smallest absolute Gasteiger partial charge is 0.256 e. The summed E-state index contributed by atoms with van der Waals surface area (Å²) in [5, 5.41) is 3.47. The van der Waals surface area contributed by atoms with Gasteiger partial charge in [-0.1, -0.05) is 39.3 Å². The van der Waals surface area contributed by atoms with Gasteiger partial charge in [-0.2, -0.15) is 0 Å². The highest BCUT2D eigenvalue weighted by atomic mass is 35.5. The van der Waals surface area contributed by atoms with E-state index in [1.165, 1.54) is 0 Å². The summed E-state index contributed by atoms with van der Waals surface area (Å²) in [7, 11) is 0. The van der Waals surface area contributed by atoms with Crippen molar-refractivity contribution in [3.8, 4) is 5.75 Å². The molecule has 0 radical (unpaired) electrons. The third kappa shape index (κ3) is 6.52. The van der Waals surface area contributed by atoms with Crippen molar-refractivity contribution in [2.24, 2.45) is 11.8 Å². The monoisotopic (exact) mass is 369 g/mol. The minimum absolute atomic E-state index is 0.114. The van der Waals surface area contributed by atoms with Gasteiger partial charge in [0.2, 0.25) is 0 Å². The minimum atomic E-state index is -0.831. The van der Waals surface area contributed by atoms with Crippen LogP contribution in [-0.2, 0) is 9.53 Å². The molecule has 0 saturated heterocycles. The Morgan fingerprint density at radius 1 is 1.12 bits per heavy atom. The molecule has 5 heteroatoms. The SMILES string of the molecule is CCOc1ccc(NC(=O)C(CC(C)C)(CC(C)C)OCC)cc1Cl. The molecule has 25 heavy (non-hydrogen) atoms. The number of hydrogen-bond acceptors (Lipinski definition) is 3. The van der Waals surface area contributed by atoms with Crippen LogP contribution in [-0.4, -0.2) is 24.7 Å². The lowest BCUT2D eigenvalue weighted by molar-refractivity contribution is -0.146. The zero-order valence-corrected chi connectivity index (χ0v) is 17.1. The molecule has 0 atom stereocenters. The lowest BCUT2D eigenvalue weighted by Crippen LogP contribution is -2.47. The molecule has 0 bridgehead atoms. The molecule has 1 amide bonds. The molecule has 1 aromatic rings. The molecule has 0 aromatic heterocycles. The third-order valence-electron chi connectivity index (χ3n) is 3.80. The van der Waals surface area contributed by atoms with Crippen LogP contribution in [0.5, 0.6) is 5.75 Å². The van der Waals surface area contributed by atoms with Crippen molar-refractivity contribution in [3.05, 3.63) is 23.2 Å². The Balaban J connectivity index is 3.05. The number of ether oxygens (including phenoxy) is 2. The quantitative estimate of drug-likeness (QED) is 0.588. The Hall–Kier alpha value is -1.26. The Labute approximate surface area is 157 Å². The molecule has 1 rings (SSSR count). The van der Waals surface area contributed by atoms with Crippen LogP contribution in [0.15, 0.2) is 18.2 Å². The standard InChI is InChI=1S/C20H32ClNO3/c1-7-24-18-10-9-16(11-17(18)21)22-19(23)20(25-8-2,12-14(3)4)13-15(5)6/h9-11,14-15H,7-8,12-13H2,1-6H3,(H,22,23). The van der Waals surface area contributed by atoms with E-state index in [0.717, 1.165) is 0 Å². The number of rotatable bonds is 10. The van der Waals surface area contributed by atoms with Crippen LogP contribution >= 0.6 is 11.6 Å². The molecule has 1 aromatic carbocycles. The van der Waals surface area contributed by atoms with E-state index in [-0.39, 0.29) is 5.91 Å². The fourth-order valence-electron chi connectivity index (χ4n) is 3.14. The normalized spacial score (nSPS) is 11.9. The van der Waals surface area contributed by atoms with Crippen molar-refractivity contribution >= 4 is 23.2 Å². The molecule has 0 fully saturated rings. The van der Waals surface area contributed by atoms with Gasteiger partial charge in [-0.15, -0.1) is 0 Å². The number of halogens is 1. The Kier molecular flexibility index (Phi) is 8.74. The van der Waals surface area contributed by atoms with Crippen molar-refractivity contribution in [2.75, 3.05) is 18.5 Å². The van der Waals surface area contributed by atoms with Gasteiger partial charge in [-0.25, -0.2) is 0 Å². The average molecular weight is 370 g/mol. The second-order valence-electron chi connectivity index (χ2n) is 7.16. The first-order valence-electron chi connectivity index (χ1n) is 9.11. The van der Waals surface area contributed by atoms with Crippen LogP contribution in [0.25, 0.3) is 0 Å². The van der Waals surface area contributed by atoms with Gasteiger partial charge >= 0.3 is 0 Å². The molecule has 142 valence electrons. The van der Waals surface area contributed by atoms with Gasteiger partial charge < -0.3 is 14.8 Å². The molecule has 0 heterocycles. The maximum Gasteiger partial charge on any atom is 0.256 e. The summed E-state index contributed by atoms with van der Waals surface area (Å²) < 4.78 is 11.4. The molecule has 0 spiro atoms. The van der Waals surface area contributed by atoms with E-state index in [9.17, 15) is 4.79 Å². The predicted molar refractivity (Wildman–Crippen MR) is 105 cm³/mol. The predicted octanol–water partition coefficient (Wildman–Crippen LogP) is 5.54. The minimum Gasteiger partial charge on any atom is -0.492 e. The van der Waals surface area contributed by atoms with Crippen molar-refractivity contribution in [1.82, 2.24) is 0 Å². The maximum atomic E-state index is 13.1. The molecule has 0 aliphatic rings. The second-order valence-corrected chi connectivity index (χ2v) is 7.56. The van der Waals surface area contributed by atoms with E-state index in [1.54, 1.807) is 18.2 Å². The number of hydrogen-bond donors (Lipinski definition) is 1. The van der Waals surface area contributed by atoms with Crippen molar-refractivity contribution in [2.45, 2.75) is 60.0 Å². The lowest BCUT2D eigenvalue weighted by Gasteiger charge is -2.35. The van der Waals surface area contributed by atoms with Gasteiger partial charge in [-0.3, -0.25) is 4.79 Å². The van der Waals surface area contributed by atoms with E-state index in [1.807, 2.05) is 13.8 Å². The number of nitrogens with one attached hydrogen (secondary N) is 1. The number of benzene rings is 1. The second kappa shape index (κ2) is 10.0. The highest BCUT2D eigenvalue weighted by molar-refractivity contribution is 6.32. The number of anilines is 1. The summed E-state index contributed by atoms with van der Waals surface area (Å²) in [6, 6.07) is 5.29. The molecular formula is C20H32ClNO3. The average Bonchev–Trinajstić information content (AvgIpc) is 2.49. The Morgan fingerprint density at radius 2 is 1.72 bits per heavy atom. The van der Waals surface area contributed by atoms with E-state index >= 15 is 0 Å². The zero-order valence-electron chi connectivity index (χ0n) is 16.3. The first-order valence-corrected chi connectivity index (χ1v) is 9.49. The highest BCUT2D eigenvalue weighted by Gasteiger charge is 2.40.